The van der Waals surface area contributed by atoms with E-state index in [0.717, 1.165) is 25.1 Å². The molecule has 1 amide bonds. The van der Waals surface area contributed by atoms with E-state index in [9.17, 15) is 4.79 Å². The second-order valence-corrected chi connectivity index (χ2v) is 6.56. The zero-order chi connectivity index (χ0) is 14.1. The van der Waals surface area contributed by atoms with E-state index in [4.69, 9.17) is 5.73 Å². The van der Waals surface area contributed by atoms with E-state index >= 15 is 0 Å². The van der Waals surface area contributed by atoms with Crippen LogP contribution in [0.3, 0.4) is 0 Å². The van der Waals surface area contributed by atoms with Crippen LogP contribution in [-0.2, 0) is 10.3 Å². The van der Waals surface area contributed by atoms with Crippen molar-refractivity contribution in [1.29, 1.82) is 0 Å². The molecule has 1 aliphatic heterocycles. The molecule has 0 aliphatic carbocycles. The van der Waals surface area contributed by atoms with Gasteiger partial charge in [0, 0.05) is 13.1 Å². The summed E-state index contributed by atoms with van der Waals surface area (Å²) in [4.78, 5) is 14.6. The van der Waals surface area contributed by atoms with Crippen molar-refractivity contribution in [3.05, 3.63) is 35.9 Å². The van der Waals surface area contributed by atoms with Gasteiger partial charge in [0.25, 0.3) is 0 Å². The molecule has 4 heteroatoms. The summed E-state index contributed by atoms with van der Waals surface area (Å²) in [6.07, 6.45) is 2.23. The van der Waals surface area contributed by atoms with Crippen molar-refractivity contribution in [2.45, 2.75) is 39.2 Å². The Morgan fingerprint density at radius 2 is 1.90 bits per heavy atom. The van der Waals surface area contributed by atoms with E-state index in [1.165, 1.54) is 6.42 Å². The zero-order valence-electron chi connectivity index (χ0n) is 12.6. The normalized spacial score (nSPS) is 20.7. The van der Waals surface area contributed by atoms with E-state index in [1.54, 1.807) is 0 Å². The highest BCUT2D eigenvalue weighted by Gasteiger charge is 2.38. The van der Waals surface area contributed by atoms with Gasteiger partial charge < -0.3 is 10.6 Å². The Labute approximate surface area is 127 Å². The van der Waals surface area contributed by atoms with Crippen LogP contribution in [0.1, 0.15) is 39.2 Å². The maximum absolute atomic E-state index is 12.7. The molecule has 1 unspecified atom stereocenters. The highest BCUT2D eigenvalue weighted by atomic mass is 35.5. The number of amides is 1. The molecular formula is C16H25ClN2O. The number of nitrogens with zero attached hydrogens (tertiary/aromatic N) is 1. The minimum Gasteiger partial charge on any atom is -0.340 e. The van der Waals surface area contributed by atoms with Gasteiger partial charge in [-0.15, -0.1) is 12.4 Å². The number of hydrogen-bond donors (Lipinski definition) is 1. The second kappa shape index (κ2) is 6.15. The molecule has 2 rings (SSSR count). The summed E-state index contributed by atoms with van der Waals surface area (Å²) in [5, 5.41) is 0. The van der Waals surface area contributed by atoms with Gasteiger partial charge in [0.1, 0.15) is 5.54 Å². The molecule has 0 spiro atoms. The van der Waals surface area contributed by atoms with E-state index < -0.39 is 5.54 Å². The summed E-state index contributed by atoms with van der Waals surface area (Å²) < 4.78 is 0. The summed E-state index contributed by atoms with van der Waals surface area (Å²) in [5.74, 6) is 0.0338. The third kappa shape index (κ3) is 3.53. The predicted octanol–water partition coefficient (Wildman–Crippen LogP) is 2.93. The molecular weight excluding hydrogens is 272 g/mol. The Balaban J connectivity index is 0.00000200. The Bertz CT molecular complexity index is 457. The summed E-state index contributed by atoms with van der Waals surface area (Å²) in [6, 6.07) is 9.63. The van der Waals surface area contributed by atoms with E-state index in [-0.39, 0.29) is 23.7 Å². The number of hydrogen-bond acceptors (Lipinski definition) is 2. The van der Waals surface area contributed by atoms with Gasteiger partial charge in [-0.05, 0) is 30.7 Å². The quantitative estimate of drug-likeness (QED) is 0.912. The van der Waals surface area contributed by atoms with Gasteiger partial charge in [0.05, 0.1) is 0 Å². The average molecular weight is 297 g/mol. The summed E-state index contributed by atoms with van der Waals surface area (Å²) in [6.45, 7) is 7.85. The van der Waals surface area contributed by atoms with Crippen LogP contribution in [0.25, 0.3) is 0 Å². The number of rotatable bonds is 2. The van der Waals surface area contributed by atoms with E-state index in [1.807, 2.05) is 42.2 Å². The van der Waals surface area contributed by atoms with E-state index in [0.29, 0.717) is 0 Å². The first-order chi connectivity index (χ1) is 8.83. The highest BCUT2D eigenvalue weighted by Crippen LogP contribution is 2.31. The lowest BCUT2D eigenvalue weighted by Gasteiger charge is -2.41. The van der Waals surface area contributed by atoms with Crippen molar-refractivity contribution in [3.8, 4) is 0 Å². The largest absolute Gasteiger partial charge is 0.340 e. The summed E-state index contributed by atoms with van der Waals surface area (Å²) in [7, 11) is 0. The van der Waals surface area contributed by atoms with E-state index in [2.05, 4.69) is 13.8 Å². The second-order valence-electron chi connectivity index (χ2n) is 6.56. The molecule has 0 aromatic heterocycles. The average Bonchev–Trinajstić information content (AvgIpc) is 2.37. The molecule has 2 N–H and O–H groups in total. The lowest BCUT2D eigenvalue weighted by molar-refractivity contribution is -0.139. The third-order valence-electron chi connectivity index (χ3n) is 4.01. The van der Waals surface area contributed by atoms with Crippen molar-refractivity contribution >= 4 is 18.3 Å². The van der Waals surface area contributed by atoms with Crippen LogP contribution in [0.5, 0.6) is 0 Å². The number of likely N-dealkylation sites (tertiary alicyclic amines) is 1. The fourth-order valence-electron chi connectivity index (χ4n) is 2.83. The zero-order valence-corrected chi connectivity index (χ0v) is 13.4. The molecule has 3 nitrogen and oxygen atoms in total. The molecule has 0 radical (unpaired) electrons. The Kier molecular flexibility index (Phi) is 5.22. The fourth-order valence-corrected chi connectivity index (χ4v) is 2.83. The number of halogens is 1. The number of carbonyl (C=O) groups is 1. The van der Waals surface area contributed by atoms with Gasteiger partial charge in [-0.3, -0.25) is 4.79 Å². The van der Waals surface area contributed by atoms with Crippen LogP contribution in [-0.4, -0.2) is 23.9 Å². The highest BCUT2D eigenvalue weighted by molar-refractivity contribution is 5.87. The van der Waals surface area contributed by atoms with Gasteiger partial charge in [0.2, 0.25) is 5.91 Å². The van der Waals surface area contributed by atoms with Crippen LogP contribution in [0.2, 0.25) is 0 Å². The van der Waals surface area contributed by atoms with Crippen molar-refractivity contribution in [2.24, 2.45) is 11.1 Å². The van der Waals surface area contributed by atoms with Crippen LogP contribution < -0.4 is 5.73 Å². The smallest absolute Gasteiger partial charge is 0.246 e. The molecule has 0 saturated carbocycles. The number of benzene rings is 1. The topological polar surface area (TPSA) is 46.3 Å². The molecule has 20 heavy (non-hydrogen) atoms. The Morgan fingerprint density at radius 3 is 2.45 bits per heavy atom. The minimum atomic E-state index is -0.936. The van der Waals surface area contributed by atoms with Gasteiger partial charge in [-0.1, -0.05) is 44.2 Å². The molecule has 1 aromatic rings. The van der Waals surface area contributed by atoms with Gasteiger partial charge >= 0.3 is 0 Å². The minimum absolute atomic E-state index is 0. The number of nitrogens with two attached hydrogens (primary N) is 1. The molecule has 1 fully saturated rings. The maximum Gasteiger partial charge on any atom is 0.246 e. The third-order valence-corrected chi connectivity index (χ3v) is 4.01. The van der Waals surface area contributed by atoms with Crippen molar-refractivity contribution < 1.29 is 4.79 Å². The van der Waals surface area contributed by atoms with Gasteiger partial charge in [-0.25, -0.2) is 0 Å². The Hall–Kier alpha value is -1.06. The van der Waals surface area contributed by atoms with Crippen LogP contribution >= 0.6 is 12.4 Å². The molecule has 0 bridgehead atoms. The standard InChI is InChI=1S/C16H24N2O.ClH/c1-15(2)10-7-11-18(12-15)14(19)16(3,17)13-8-5-4-6-9-13;/h4-6,8-9H,7,10-12,17H2,1-3H3;1H. The maximum atomic E-state index is 12.7. The first kappa shape index (κ1) is 17.0. The molecule has 1 aliphatic rings. The molecule has 1 saturated heterocycles. The predicted molar refractivity (Wildman–Crippen MR) is 84.8 cm³/mol. The lowest BCUT2D eigenvalue weighted by atomic mass is 9.82. The number of carbonyl (C=O) groups excluding carboxylic acids is 1. The number of piperidine rings is 1. The van der Waals surface area contributed by atoms with Crippen LogP contribution in [0.4, 0.5) is 0 Å². The molecule has 1 aromatic carbocycles. The molecule has 1 heterocycles. The lowest BCUT2D eigenvalue weighted by Crippen LogP contribution is -2.54. The fraction of sp³-hybridized carbons (Fsp3) is 0.562. The van der Waals surface area contributed by atoms with Crippen molar-refractivity contribution in [2.75, 3.05) is 13.1 Å². The monoisotopic (exact) mass is 296 g/mol. The van der Waals surface area contributed by atoms with Crippen LogP contribution in [0, 0.1) is 5.41 Å². The van der Waals surface area contributed by atoms with Crippen molar-refractivity contribution in [3.63, 3.8) is 0 Å². The SMILES string of the molecule is CC1(C)CCCN(C(=O)C(C)(N)c2ccccc2)C1.Cl. The Morgan fingerprint density at radius 1 is 1.30 bits per heavy atom. The first-order valence-electron chi connectivity index (χ1n) is 6.97. The van der Waals surface area contributed by atoms with Crippen LogP contribution in [0.15, 0.2) is 30.3 Å². The van der Waals surface area contributed by atoms with Crippen molar-refractivity contribution in [1.82, 2.24) is 4.90 Å². The molecule has 1 atom stereocenters. The molecule has 112 valence electrons. The summed E-state index contributed by atoms with van der Waals surface area (Å²) in [5.41, 5.74) is 6.45. The first-order valence-corrected chi connectivity index (χ1v) is 6.97. The van der Waals surface area contributed by atoms with Gasteiger partial charge in [-0.2, -0.15) is 0 Å². The van der Waals surface area contributed by atoms with Gasteiger partial charge in [0.15, 0.2) is 0 Å². The summed E-state index contributed by atoms with van der Waals surface area (Å²) >= 11 is 0.